The molecule has 1 atom stereocenters. The molecule has 44 heavy (non-hydrogen) atoms. The molecule has 2 N–H and O–H groups in total. The third-order valence-electron chi connectivity index (χ3n) is 8.77. The number of hydrogen-bond acceptors (Lipinski definition) is 5. The van der Waals surface area contributed by atoms with E-state index in [1.165, 1.54) is 11.1 Å². The maximum Gasteiger partial charge on any atom is 0.220 e. The first-order valence-electron chi connectivity index (χ1n) is 16.4. The number of carbonyl (C=O) groups excluding carboxylic acids is 1. The second kappa shape index (κ2) is 16.9. The molecule has 1 aliphatic heterocycles. The summed E-state index contributed by atoms with van der Waals surface area (Å²) < 4.78 is 5.97. The van der Waals surface area contributed by atoms with E-state index in [4.69, 9.17) is 4.74 Å². The Balaban J connectivity index is 1.03. The highest BCUT2D eigenvalue weighted by Crippen LogP contribution is 2.25. The maximum absolute atomic E-state index is 13.2. The summed E-state index contributed by atoms with van der Waals surface area (Å²) in [6.07, 6.45) is 9.97. The average molecular weight is 594 g/mol. The van der Waals surface area contributed by atoms with Crippen LogP contribution < -0.4 is 10.1 Å². The van der Waals surface area contributed by atoms with Crippen LogP contribution in [0.2, 0.25) is 0 Å². The number of pyridine rings is 1. The number of benzene rings is 3. The number of rotatable bonds is 16. The van der Waals surface area contributed by atoms with Crippen molar-refractivity contribution in [3.05, 3.63) is 108 Å². The zero-order chi connectivity index (χ0) is 30.4. The molecule has 0 aliphatic carbocycles. The molecule has 5 rings (SSSR count). The highest BCUT2D eigenvalue weighted by Gasteiger charge is 2.24. The van der Waals surface area contributed by atoms with Crippen molar-refractivity contribution in [2.75, 3.05) is 26.2 Å². The Morgan fingerprint density at radius 1 is 0.864 bits per heavy atom. The number of ether oxygens (including phenoxy) is 1. The Bertz CT molecular complexity index is 1360. The van der Waals surface area contributed by atoms with E-state index in [9.17, 15) is 9.90 Å². The Kier molecular flexibility index (Phi) is 12.2. The molecule has 0 spiro atoms. The van der Waals surface area contributed by atoms with Gasteiger partial charge in [0.15, 0.2) is 0 Å². The van der Waals surface area contributed by atoms with Crippen LogP contribution in [-0.4, -0.2) is 59.3 Å². The van der Waals surface area contributed by atoms with Crippen molar-refractivity contribution in [3.8, 4) is 5.75 Å². The standard InChI is InChI=1S/C38H47N3O3/c42-34(29-44-37-21-9-20-36-35(37)19-10-24-39-36)28-41-25-22-32(23-26-41)27-38(43)40-33(17-7-15-30-11-3-1-4-12-30)18-8-16-31-13-5-2-6-14-31/h1-6,9-14,19-21,24,32-34,42H,7-8,15-18,22-23,25-29H2,(H,40,43)/t34-/m1/s1. The zero-order valence-electron chi connectivity index (χ0n) is 25.8. The number of hydrogen-bond donors (Lipinski definition) is 2. The summed E-state index contributed by atoms with van der Waals surface area (Å²) in [6, 6.07) is 31.1. The molecule has 1 aromatic heterocycles. The molecule has 3 aromatic carbocycles. The van der Waals surface area contributed by atoms with Crippen molar-refractivity contribution in [3.63, 3.8) is 0 Å². The second-order valence-electron chi connectivity index (χ2n) is 12.3. The molecule has 6 nitrogen and oxygen atoms in total. The SMILES string of the molecule is O=C(CC1CCN(C[C@@H](O)COc2cccc3ncccc23)CC1)NC(CCCc1ccccc1)CCCc1ccccc1. The van der Waals surface area contributed by atoms with Crippen LogP contribution >= 0.6 is 0 Å². The predicted octanol–water partition coefficient (Wildman–Crippen LogP) is 6.61. The molecule has 1 amide bonds. The third-order valence-corrected chi connectivity index (χ3v) is 8.77. The fraction of sp³-hybridized carbons (Fsp3) is 0.421. The number of likely N-dealkylation sites (tertiary alicyclic amines) is 1. The largest absolute Gasteiger partial charge is 0.490 e. The molecule has 1 fully saturated rings. The Labute approximate surface area is 262 Å². The minimum Gasteiger partial charge on any atom is -0.490 e. The Morgan fingerprint density at radius 3 is 2.18 bits per heavy atom. The van der Waals surface area contributed by atoms with Gasteiger partial charge in [0.05, 0.1) is 5.52 Å². The van der Waals surface area contributed by atoms with Gasteiger partial charge < -0.3 is 20.1 Å². The van der Waals surface area contributed by atoms with Crippen LogP contribution in [0.15, 0.2) is 97.2 Å². The summed E-state index contributed by atoms with van der Waals surface area (Å²) in [6.45, 7) is 2.61. The number of carbonyl (C=O) groups is 1. The molecule has 0 saturated carbocycles. The molecule has 6 heteroatoms. The molecule has 0 bridgehead atoms. The highest BCUT2D eigenvalue weighted by molar-refractivity contribution is 5.84. The first kappa shape index (κ1) is 31.7. The zero-order valence-corrected chi connectivity index (χ0v) is 25.8. The van der Waals surface area contributed by atoms with Crippen LogP contribution in [0.25, 0.3) is 10.9 Å². The predicted molar refractivity (Wildman–Crippen MR) is 178 cm³/mol. The number of aliphatic hydroxyl groups is 1. The number of nitrogens with zero attached hydrogens (tertiary/aromatic N) is 2. The van der Waals surface area contributed by atoms with Gasteiger partial charge in [-0.2, -0.15) is 0 Å². The lowest BCUT2D eigenvalue weighted by Gasteiger charge is -2.33. The monoisotopic (exact) mass is 593 g/mol. The van der Waals surface area contributed by atoms with E-state index in [2.05, 4.69) is 75.9 Å². The number of piperidine rings is 1. The van der Waals surface area contributed by atoms with E-state index in [0.29, 0.717) is 18.9 Å². The van der Waals surface area contributed by atoms with Crippen molar-refractivity contribution in [1.82, 2.24) is 15.2 Å². The molecule has 0 radical (unpaired) electrons. The topological polar surface area (TPSA) is 74.7 Å². The van der Waals surface area contributed by atoms with Crippen LogP contribution in [0.4, 0.5) is 0 Å². The van der Waals surface area contributed by atoms with Gasteiger partial charge in [-0.1, -0.05) is 66.7 Å². The number of aryl methyl sites for hydroxylation is 2. The van der Waals surface area contributed by atoms with Gasteiger partial charge in [-0.05, 0) is 106 Å². The van der Waals surface area contributed by atoms with E-state index in [0.717, 1.165) is 81.1 Å². The summed E-state index contributed by atoms with van der Waals surface area (Å²) in [5.41, 5.74) is 3.60. The lowest BCUT2D eigenvalue weighted by atomic mass is 9.92. The molecular formula is C38H47N3O3. The fourth-order valence-corrected chi connectivity index (χ4v) is 6.34. The first-order valence-corrected chi connectivity index (χ1v) is 16.4. The summed E-state index contributed by atoms with van der Waals surface area (Å²) in [5, 5.41) is 15.1. The van der Waals surface area contributed by atoms with Crippen molar-refractivity contribution in [2.24, 2.45) is 5.92 Å². The summed E-state index contributed by atoms with van der Waals surface area (Å²) in [5.74, 6) is 1.32. The van der Waals surface area contributed by atoms with Gasteiger partial charge in [0, 0.05) is 30.6 Å². The highest BCUT2D eigenvalue weighted by atomic mass is 16.5. The molecule has 232 valence electrons. The number of nitrogens with one attached hydrogen (secondary N) is 1. The van der Waals surface area contributed by atoms with E-state index in [1.807, 2.05) is 30.3 Å². The van der Waals surface area contributed by atoms with Crippen molar-refractivity contribution < 1.29 is 14.6 Å². The Morgan fingerprint density at radius 2 is 1.52 bits per heavy atom. The van der Waals surface area contributed by atoms with Gasteiger partial charge >= 0.3 is 0 Å². The van der Waals surface area contributed by atoms with Gasteiger partial charge in [0.25, 0.3) is 0 Å². The van der Waals surface area contributed by atoms with Crippen LogP contribution in [0.5, 0.6) is 5.75 Å². The molecular weight excluding hydrogens is 546 g/mol. The van der Waals surface area contributed by atoms with Gasteiger partial charge in [0.2, 0.25) is 5.91 Å². The number of β-amino-alcohol motifs (C(OH)–C–C–N with tert-alkyl or cyclic N) is 1. The molecule has 1 saturated heterocycles. The average Bonchev–Trinajstić information content (AvgIpc) is 3.05. The van der Waals surface area contributed by atoms with Gasteiger partial charge in [0.1, 0.15) is 18.5 Å². The molecule has 0 unspecified atom stereocenters. The van der Waals surface area contributed by atoms with E-state index in [-0.39, 0.29) is 18.6 Å². The van der Waals surface area contributed by atoms with E-state index < -0.39 is 6.10 Å². The van der Waals surface area contributed by atoms with E-state index >= 15 is 0 Å². The minimum absolute atomic E-state index is 0.186. The maximum atomic E-state index is 13.2. The lowest BCUT2D eigenvalue weighted by molar-refractivity contribution is -0.123. The smallest absolute Gasteiger partial charge is 0.220 e. The quantitative estimate of drug-likeness (QED) is 0.153. The van der Waals surface area contributed by atoms with Gasteiger partial charge in [-0.15, -0.1) is 0 Å². The first-order chi connectivity index (χ1) is 21.6. The lowest BCUT2D eigenvalue weighted by Crippen LogP contribution is -2.42. The fourth-order valence-electron chi connectivity index (χ4n) is 6.34. The normalized spacial score (nSPS) is 15.0. The van der Waals surface area contributed by atoms with Crippen molar-refractivity contribution in [1.29, 1.82) is 0 Å². The summed E-state index contributed by atoms with van der Waals surface area (Å²) in [4.78, 5) is 19.8. The summed E-state index contributed by atoms with van der Waals surface area (Å²) in [7, 11) is 0. The molecule has 4 aromatic rings. The van der Waals surface area contributed by atoms with E-state index in [1.54, 1.807) is 6.20 Å². The van der Waals surface area contributed by atoms with Crippen LogP contribution in [0.1, 0.15) is 56.1 Å². The van der Waals surface area contributed by atoms with Crippen molar-refractivity contribution in [2.45, 2.75) is 69.9 Å². The molecule has 1 aliphatic rings. The van der Waals surface area contributed by atoms with Crippen LogP contribution in [0, 0.1) is 5.92 Å². The third kappa shape index (κ3) is 10.2. The van der Waals surface area contributed by atoms with Gasteiger partial charge in [-0.3, -0.25) is 9.78 Å². The number of aromatic nitrogens is 1. The van der Waals surface area contributed by atoms with Crippen LogP contribution in [-0.2, 0) is 17.6 Å². The number of fused-ring (bicyclic) bond motifs is 1. The Hall–Kier alpha value is -3.74. The number of aliphatic hydroxyl groups excluding tert-OH is 1. The van der Waals surface area contributed by atoms with Crippen molar-refractivity contribution >= 4 is 16.8 Å². The summed E-state index contributed by atoms with van der Waals surface area (Å²) >= 11 is 0. The second-order valence-corrected chi connectivity index (χ2v) is 12.3. The van der Waals surface area contributed by atoms with Crippen LogP contribution in [0.3, 0.4) is 0 Å². The number of amides is 1. The molecule has 2 heterocycles. The van der Waals surface area contributed by atoms with Gasteiger partial charge in [-0.25, -0.2) is 0 Å². The minimum atomic E-state index is -0.575.